The summed E-state index contributed by atoms with van der Waals surface area (Å²) in [5.41, 5.74) is 2.71. The molecule has 0 aliphatic carbocycles. The van der Waals surface area contributed by atoms with Crippen molar-refractivity contribution in [2.75, 3.05) is 26.3 Å². The lowest BCUT2D eigenvalue weighted by molar-refractivity contribution is -0.135. The Labute approximate surface area is 174 Å². The Balaban J connectivity index is 1.59. The van der Waals surface area contributed by atoms with E-state index in [9.17, 15) is 14.4 Å². The van der Waals surface area contributed by atoms with E-state index < -0.39 is 5.97 Å². The Morgan fingerprint density at radius 2 is 1.87 bits per heavy atom. The van der Waals surface area contributed by atoms with Gasteiger partial charge in [-0.3, -0.25) is 9.59 Å². The van der Waals surface area contributed by atoms with Gasteiger partial charge in [-0.2, -0.15) is 0 Å². The number of rotatable bonds is 6. The standard InChI is InChI=1S/C23H26N2O5/c1-2-30-8-7-21(26)24-12-15-9-19(14-24)20-10-18(11-22(27)25(20)13-15)16-3-5-17(6-4-16)23(28)29/h3-6,10-11,15,19H,2,7-9,12-14H2,1H3,(H,28,29)/t15-,19+/m0/s1. The lowest BCUT2D eigenvalue weighted by Crippen LogP contribution is -2.49. The van der Waals surface area contributed by atoms with Crippen LogP contribution >= 0.6 is 0 Å². The number of ether oxygens (including phenoxy) is 1. The molecule has 2 aromatic rings. The van der Waals surface area contributed by atoms with Crippen LogP contribution in [-0.4, -0.2) is 52.8 Å². The monoisotopic (exact) mass is 410 g/mol. The van der Waals surface area contributed by atoms with Gasteiger partial charge in [0.2, 0.25) is 5.91 Å². The molecular formula is C23H26N2O5. The van der Waals surface area contributed by atoms with Crippen molar-refractivity contribution >= 4 is 11.9 Å². The normalized spacial score (nSPS) is 20.0. The van der Waals surface area contributed by atoms with Crippen LogP contribution in [0.15, 0.2) is 41.2 Å². The second-order valence-electron chi connectivity index (χ2n) is 8.04. The van der Waals surface area contributed by atoms with Crippen molar-refractivity contribution < 1.29 is 19.4 Å². The molecule has 2 aliphatic rings. The third-order valence-corrected chi connectivity index (χ3v) is 6.04. The van der Waals surface area contributed by atoms with Crippen LogP contribution in [0.1, 0.15) is 41.7 Å². The van der Waals surface area contributed by atoms with E-state index in [-0.39, 0.29) is 28.9 Å². The van der Waals surface area contributed by atoms with Crippen LogP contribution in [-0.2, 0) is 16.1 Å². The maximum absolute atomic E-state index is 12.8. The molecule has 7 heteroatoms. The van der Waals surface area contributed by atoms with E-state index in [0.29, 0.717) is 39.3 Å². The number of hydrogen-bond acceptors (Lipinski definition) is 4. The summed E-state index contributed by atoms with van der Waals surface area (Å²) >= 11 is 0. The summed E-state index contributed by atoms with van der Waals surface area (Å²) in [5, 5.41) is 9.09. The molecule has 4 rings (SSSR count). The van der Waals surface area contributed by atoms with Gasteiger partial charge < -0.3 is 19.3 Å². The number of fused-ring (bicyclic) bond motifs is 4. The second-order valence-corrected chi connectivity index (χ2v) is 8.04. The maximum Gasteiger partial charge on any atom is 0.335 e. The number of pyridine rings is 1. The van der Waals surface area contributed by atoms with E-state index in [0.717, 1.165) is 23.2 Å². The molecule has 1 aromatic carbocycles. The van der Waals surface area contributed by atoms with E-state index in [4.69, 9.17) is 9.84 Å². The Bertz CT molecular complexity index is 1010. The second kappa shape index (κ2) is 8.44. The first kappa shape index (κ1) is 20.3. The summed E-state index contributed by atoms with van der Waals surface area (Å²) in [5.74, 6) is -0.464. The molecule has 3 heterocycles. The first-order valence-electron chi connectivity index (χ1n) is 10.4. The minimum atomic E-state index is -0.977. The molecule has 2 bridgehead atoms. The van der Waals surface area contributed by atoms with Crippen LogP contribution in [0.3, 0.4) is 0 Å². The molecule has 0 unspecified atom stereocenters. The molecule has 1 N–H and O–H groups in total. The molecule has 1 fully saturated rings. The summed E-state index contributed by atoms with van der Waals surface area (Å²) in [4.78, 5) is 38.4. The van der Waals surface area contributed by atoms with Crippen LogP contribution in [0.5, 0.6) is 0 Å². The lowest BCUT2D eigenvalue weighted by atomic mass is 9.82. The summed E-state index contributed by atoms with van der Waals surface area (Å²) < 4.78 is 7.16. The highest BCUT2D eigenvalue weighted by Crippen LogP contribution is 2.36. The highest BCUT2D eigenvalue weighted by molar-refractivity contribution is 5.88. The fraction of sp³-hybridized carbons (Fsp3) is 0.435. The minimum Gasteiger partial charge on any atom is -0.478 e. The van der Waals surface area contributed by atoms with E-state index in [1.165, 1.54) is 0 Å². The predicted octanol–water partition coefficient (Wildman–Crippen LogP) is 2.59. The number of nitrogens with zero attached hydrogens (tertiary/aromatic N) is 2. The Kier molecular flexibility index (Phi) is 5.72. The van der Waals surface area contributed by atoms with Crippen molar-refractivity contribution in [3.63, 3.8) is 0 Å². The number of likely N-dealkylation sites (tertiary alicyclic amines) is 1. The molecule has 2 atom stereocenters. The molecule has 7 nitrogen and oxygen atoms in total. The molecule has 1 saturated heterocycles. The third-order valence-electron chi connectivity index (χ3n) is 6.04. The average molecular weight is 410 g/mol. The van der Waals surface area contributed by atoms with Crippen molar-refractivity contribution in [3.8, 4) is 11.1 Å². The number of aromatic carboxylic acids is 1. The molecule has 0 radical (unpaired) electrons. The van der Waals surface area contributed by atoms with Gasteiger partial charge in [0.15, 0.2) is 0 Å². The number of benzene rings is 1. The number of piperidine rings is 1. The number of carbonyl (C=O) groups excluding carboxylic acids is 1. The van der Waals surface area contributed by atoms with Gasteiger partial charge in [-0.1, -0.05) is 12.1 Å². The largest absolute Gasteiger partial charge is 0.478 e. The van der Waals surface area contributed by atoms with Crippen LogP contribution in [0, 0.1) is 5.92 Å². The van der Waals surface area contributed by atoms with E-state index >= 15 is 0 Å². The molecule has 0 spiro atoms. The first-order chi connectivity index (χ1) is 14.5. The van der Waals surface area contributed by atoms with Gasteiger partial charge in [0.25, 0.3) is 5.56 Å². The Hall–Kier alpha value is -2.93. The highest BCUT2D eigenvalue weighted by Gasteiger charge is 2.36. The molecule has 2 aliphatic heterocycles. The molecule has 1 amide bonds. The zero-order valence-electron chi connectivity index (χ0n) is 17.0. The van der Waals surface area contributed by atoms with E-state index in [1.807, 2.05) is 22.5 Å². The van der Waals surface area contributed by atoms with Crippen molar-refractivity contribution in [1.82, 2.24) is 9.47 Å². The Morgan fingerprint density at radius 3 is 2.57 bits per heavy atom. The fourth-order valence-electron chi connectivity index (χ4n) is 4.60. The Morgan fingerprint density at radius 1 is 1.10 bits per heavy atom. The van der Waals surface area contributed by atoms with Crippen molar-refractivity contribution in [1.29, 1.82) is 0 Å². The topological polar surface area (TPSA) is 88.8 Å². The summed E-state index contributed by atoms with van der Waals surface area (Å²) in [7, 11) is 0. The third kappa shape index (κ3) is 4.03. The number of carboxylic acids is 1. The highest BCUT2D eigenvalue weighted by atomic mass is 16.5. The molecule has 0 saturated carbocycles. The fourth-order valence-corrected chi connectivity index (χ4v) is 4.60. The van der Waals surface area contributed by atoms with Gasteiger partial charge in [0, 0.05) is 43.9 Å². The van der Waals surface area contributed by atoms with Crippen LogP contribution in [0.2, 0.25) is 0 Å². The minimum absolute atomic E-state index is 0.0457. The number of hydrogen-bond donors (Lipinski definition) is 1. The zero-order chi connectivity index (χ0) is 21.3. The quantitative estimate of drug-likeness (QED) is 0.740. The van der Waals surface area contributed by atoms with Crippen molar-refractivity contribution in [3.05, 3.63) is 58.0 Å². The maximum atomic E-state index is 12.8. The molecule has 1 aromatic heterocycles. The van der Waals surface area contributed by atoms with Gasteiger partial charge in [-0.05, 0) is 48.6 Å². The summed E-state index contributed by atoms with van der Waals surface area (Å²) in [6.45, 7) is 4.88. The summed E-state index contributed by atoms with van der Waals surface area (Å²) in [6.07, 6.45) is 1.35. The van der Waals surface area contributed by atoms with Crippen molar-refractivity contribution in [2.45, 2.75) is 32.2 Å². The van der Waals surface area contributed by atoms with Gasteiger partial charge in [-0.15, -0.1) is 0 Å². The molecule has 30 heavy (non-hydrogen) atoms. The van der Waals surface area contributed by atoms with Crippen LogP contribution in [0.25, 0.3) is 11.1 Å². The average Bonchev–Trinajstić information content (AvgIpc) is 2.74. The van der Waals surface area contributed by atoms with E-state index in [1.54, 1.807) is 30.3 Å². The van der Waals surface area contributed by atoms with Crippen LogP contribution in [0.4, 0.5) is 0 Å². The van der Waals surface area contributed by atoms with Crippen molar-refractivity contribution in [2.24, 2.45) is 5.92 Å². The molecule has 158 valence electrons. The van der Waals surface area contributed by atoms with Crippen LogP contribution < -0.4 is 5.56 Å². The number of aromatic nitrogens is 1. The van der Waals surface area contributed by atoms with Gasteiger partial charge in [0.05, 0.1) is 18.6 Å². The van der Waals surface area contributed by atoms with Gasteiger partial charge >= 0.3 is 5.97 Å². The van der Waals surface area contributed by atoms with Gasteiger partial charge in [-0.25, -0.2) is 4.79 Å². The SMILES string of the molecule is CCOCCC(=O)N1C[C@@H]2C[C@H](C1)c1cc(-c3ccc(C(=O)O)cc3)cc(=O)n1C2. The predicted molar refractivity (Wildman–Crippen MR) is 112 cm³/mol. The van der Waals surface area contributed by atoms with Gasteiger partial charge in [0.1, 0.15) is 0 Å². The number of carbonyl (C=O) groups is 2. The molecular weight excluding hydrogens is 384 g/mol. The van der Waals surface area contributed by atoms with E-state index in [2.05, 4.69) is 0 Å². The first-order valence-corrected chi connectivity index (χ1v) is 10.4. The zero-order valence-corrected chi connectivity index (χ0v) is 17.0. The number of amides is 1. The number of carboxylic acid groups (broad SMARTS) is 1. The lowest BCUT2D eigenvalue weighted by Gasteiger charge is -2.43. The summed E-state index contributed by atoms with van der Waals surface area (Å²) in [6, 6.07) is 10.2. The smallest absolute Gasteiger partial charge is 0.335 e.